The summed E-state index contributed by atoms with van der Waals surface area (Å²) in [5, 5.41) is 4.29. The van der Waals surface area contributed by atoms with E-state index in [1.807, 2.05) is 0 Å². The van der Waals surface area contributed by atoms with E-state index in [2.05, 4.69) is 21.7 Å². The molecule has 100 valence electrons. The molecule has 0 radical (unpaired) electrons. The first kappa shape index (κ1) is 13.6. The highest BCUT2D eigenvalue weighted by Crippen LogP contribution is 2.23. The zero-order chi connectivity index (χ0) is 12.8. The van der Waals surface area contributed by atoms with Crippen molar-refractivity contribution >= 4 is 17.3 Å². The third-order valence-electron chi connectivity index (χ3n) is 3.67. The zero-order valence-electron chi connectivity index (χ0n) is 10.9. The lowest BCUT2D eigenvalue weighted by molar-refractivity contribution is -0.142. The van der Waals surface area contributed by atoms with E-state index in [-0.39, 0.29) is 5.97 Å². The maximum atomic E-state index is 11.5. The highest BCUT2D eigenvalue weighted by molar-refractivity contribution is 7.07. The van der Waals surface area contributed by atoms with Crippen LogP contribution in [0.2, 0.25) is 0 Å². The number of hydrogen-bond acceptors (Lipinski definition) is 4. The van der Waals surface area contributed by atoms with Gasteiger partial charge in [-0.15, -0.1) is 0 Å². The number of rotatable bonds is 6. The van der Waals surface area contributed by atoms with Gasteiger partial charge in [0.05, 0.1) is 13.7 Å². The standard InChI is InChI=1S/C14H21NO2S/c1-17-14(16)10-15(13-4-2-3-5-13)8-6-12-7-9-18-11-12/h7,9,11,13H,2-6,8,10H2,1H3. The van der Waals surface area contributed by atoms with Crippen LogP contribution in [0.5, 0.6) is 0 Å². The summed E-state index contributed by atoms with van der Waals surface area (Å²) in [6.45, 7) is 1.39. The summed E-state index contributed by atoms with van der Waals surface area (Å²) >= 11 is 1.73. The van der Waals surface area contributed by atoms with Crippen LogP contribution in [0.1, 0.15) is 31.2 Å². The summed E-state index contributed by atoms with van der Waals surface area (Å²) in [5.74, 6) is -0.118. The van der Waals surface area contributed by atoms with Gasteiger partial charge in [-0.1, -0.05) is 12.8 Å². The van der Waals surface area contributed by atoms with Crippen LogP contribution < -0.4 is 0 Å². The number of thiophene rings is 1. The smallest absolute Gasteiger partial charge is 0.319 e. The molecule has 0 bridgehead atoms. The lowest BCUT2D eigenvalue weighted by Gasteiger charge is -2.27. The van der Waals surface area contributed by atoms with Gasteiger partial charge in [0.15, 0.2) is 0 Å². The first-order valence-corrected chi connectivity index (χ1v) is 7.56. The molecule has 1 heterocycles. The SMILES string of the molecule is COC(=O)CN(CCc1ccsc1)C1CCCC1. The minimum absolute atomic E-state index is 0.118. The lowest BCUT2D eigenvalue weighted by atomic mass is 10.1. The highest BCUT2D eigenvalue weighted by Gasteiger charge is 2.24. The second-order valence-electron chi connectivity index (χ2n) is 4.87. The molecule has 3 nitrogen and oxygen atoms in total. The van der Waals surface area contributed by atoms with E-state index in [1.54, 1.807) is 11.3 Å². The molecule has 0 N–H and O–H groups in total. The van der Waals surface area contributed by atoms with Crippen molar-refractivity contribution in [3.05, 3.63) is 22.4 Å². The molecule has 0 unspecified atom stereocenters. The van der Waals surface area contributed by atoms with Crippen molar-refractivity contribution in [3.8, 4) is 0 Å². The zero-order valence-corrected chi connectivity index (χ0v) is 11.7. The van der Waals surface area contributed by atoms with E-state index in [0.717, 1.165) is 13.0 Å². The molecule has 1 aromatic rings. The van der Waals surface area contributed by atoms with Crippen molar-refractivity contribution in [2.75, 3.05) is 20.2 Å². The average molecular weight is 267 g/mol. The molecule has 18 heavy (non-hydrogen) atoms. The van der Waals surface area contributed by atoms with Gasteiger partial charge in [-0.3, -0.25) is 9.69 Å². The lowest BCUT2D eigenvalue weighted by Crippen LogP contribution is -2.39. The maximum absolute atomic E-state index is 11.5. The van der Waals surface area contributed by atoms with Gasteiger partial charge in [-0.2, -0.15) is 11.3 Å². The summed E-state index contributed by atoms with van der Waals surface area (Å²) in [6.07, 6.45) is 6.06. The molecule has 0 atom stereocenters. The number of ether oxygens (including phenoxy) is 1. The second-order valence-corrected chi connectivity index (χ2v) is 5.65. The number of carbonyl (C=O) groups is 1. The average Bonchev–Trinajstić information content (AvgIpc) is 3.06. The van der Waals surface area contributed by atoms with Crippen molar-refractivity contribution < 1.29 is 9.53 Å². The van der Waals surface area contributed by atoms with Gasteiger partial charge >= 0.3 is 5.97 Å². The number of methoxy groups -OCH3 is 1. The van der Waals surface area contributed by atoms with Crippen LogP contribution in [0.4, 0.5) is 0 Å². The van der Waals surface area contributed by atoms with E-state index in [1.165, 1.54) is 38.4 Å². The van der Waals surface area contributed by atoms with E-state index < -0.39 is 0 Å². The Kier molecular flexibility index (Phi) is 5.20. The van der Waals surface area contributed by atoms with Gasteiger partial charge < -0.3 is 4.74 Å². The Morgan fingerprint density at radius 1 is 1.50 bits per heavy atom. The number of nitrogens with zero attached hydrogens (tertiary/aromatic N) is 1. The molecule has 0 amide bonds. The molecular formula is C14H21NO2S. The fourth-order valence-corrected chi connectivity index (χ4v) is 3.30. The van der Waals surface area contributed by atoms with Gasteiger partial charge in [0.2, 0.25) is 0 Å². The Morgan fingerprint density at radius 2 is 2.28 bits per heavy atom. The van der Waals surface area contributed by atoms with E-state index in [9.17, 15) is 4.79 Å². The molecule has 1 saturated carbocycles. The first-order chi connectivity index (χ1) is 8.79. The van der Waals surface area contributed by atoms with Crippen LogP contribution in [0.15, 0.2) is 16.8 Å². The fraction of sp³-hybridized carbons (Fsp3) is 0.643. The highest BCUT2D eigenvalue weighted by atomic mass is 32.1. The molecule has 0 saturated heterocycles. The Hall–Kier alpha value is -0.870. The summed E-state index contributed by atoms with van der Waals surface area (Å²) in [7, 11) is 1.47. The van der Waals surface area contributed by atoms with Crippen molar-refractivity contribution in [2.24, 2.45) is 0 Å². The van der Waals surface area contributed by atoms with Crippen LogP contribution in [-0.4, -0.2) is 37.1 Å². The Balaban J connectivity index is 1.88. The molecule has 1 aromatic heterocycles. The second kappa shape index (κ2) is 6.90. The van der Waals surface area contributed by atoms with Crippen LogP contribution in [-0.2, 0) is 16.0 Å². The molecule has 1 aliphatic rings. The molecule has 0 aromatic carbocycles. The fourth-order valence-electron chi connectivity index (χ4n) is 2.60. The Labute approximate surface area is 113 Å². The van der Waals surface area contributed by atoms with Gasteiger partial charge in [0.25, 0.3) is 0 Å². The molecular weight excluding hydrogens is 246 g/mol. The molecule has 0 spiro atoms. The van der Waals surface area contributed by atoms with Crippen molar-refractivity contribution in [1.82, 2.24) is 4.90 Å². The predicted octanol–water partition coefficient (Wildman–Crippen LogP) is 2.71. The van der Waals surface area contributed by atoms with Crippen LogP contribution in [0, 0.1) is 0 Å². The number of carbonyl (C=O) groups excluding carboxylic acids is 1. The summed E-state index contributed by atoms with van der Waals surface area (Å²) in [5.41, 5.74) is 1.37. The largest absolute Gasteiger partial charge is 0.468 e. The third kappa shape index (κ3) is 3.82. The third-order valence-corrected chi connectivity index (χ3v) is 4.40. The maximum Gasteiger partial charge on any atom is 0.319 e. The van der Waals surface area contributed by atoms with Crippen molar-refractivity contribution in [1.29, 1.82) is 0 Å². The van der Waals surface area contributed by atoms with E-state index >= 15 is 0 Å². The topological polar surface area (TPSA) is 29.5 Å². The van der Waals surface area contributed by atoms with Gasteiger partial charge in [-0.25, -0.2) is 0 Å². The van der Waals surface area contributed by atoms with Gasteiger partial charge in [0, 0.05) is 12.6 Å². The summed E-state index contributed by atoms with van der Waals surface area (Å²) < 4.78 is 4.80. The van der Waals surface area contributed by atoms with Crippen molar-refractivity contribution in [3.63, 3.8) is 0 Å². The minimum atomic E-state index is -0.118. The van der Waals surface area contributed by atoms with Gasteiger partial charge in [0.1, 0.15) is 0 Å². The minimum Gasteiger partial charge on any atom is -0.468 e. The number of hydrogen-bond donors (Lipinski definition) is 0. The van der Waals surface area contributed by atoms with E-state index in [0.29, 0.717) is 12.6 Å². The quantitative estimate of drug-likeness (QED) is 0.742. The number of esters is 1. The Bertz CT molecular complexity index is 358. The molecule has 0 aliphatic heterocycles. The van der Waals surface area contributed by atoms with Crippen LogP contribution in [0.3, 0.4) is 0 Å². The Morgan fingerprint density at radius 3 is 2.89 bits per heavy atom. The normalized spacial score (nSPS) is 16.3. The van der Waals surface area contributed by atoms with Gasteiger partial charge in [-0.05, 0) is 41.7 Å². The van der Waals surface area contributed by atoms with Crippen LogP contribution in [0.25, 0.3) is 0 Å². The molecule has 2 rings (SSSR count). The molecule has 1 aliphatic carbocycles. The summed E-state index contributed by atoms with van der Waals surface area (Å²) in [6, 6.07) is 2.73. The summed E-state index contributed by atoms with van der Waals surface area (Å²) in [4.78, 5) is 13.8. The first-order valence-electron chi connectivity index (χ1n) is 6.61. The van der Waals surface area contributed by atoms with Crippen molar-refractivity contribution in [2.45, 2.75) is 38.1 Å². The predicted molar refractivity (Wildman–Crippen MR) is 73.9 cm³/mol. The van der Waals surface area contributed by atoms with E-state index in [4.69, 9.17) is 4.74 Å². The monoisotopic (exact) mass is 267 g/mol. The molecule has 4 heteroatoms. The van der Waals surface area contributed by atoms with Crippen LogP contribution >= 0.6 is 11.3 Å². The molecule has 1 fully saturated rings.